The number of para-hydroxylation sites is 1. The van der Waals surface area contributed by atoms with Crippen molar-refractivity contribution in [3.05, 3.63) is 129 Å². The van der Waals surface area contributed by atoms with E-state index in [9.17, 15) is 27.7 Å². The summed E-state index contributed by atoms with van der Waals surface area (Å²) in [5, 5.41) is 13.9. The number of hydrogen-bond acceptors (Lipinski definition) is 6. The van der Waals surface area contributed by atoms with E-state index in [0.717, 1.165) is 22.5 Å². The topological polar surface area (TPSA) is 119 Å². The first kappa shape index (κ1) is 31.4. The number of nitrogens with zero attached hydrogens (tertiary/aromatic N) is 2. The highest BCUT2D eigenvalue weighted by molar-refractivity contribution is 7.92. The predicted octanol–water partition coefficient (Wildman–Crippen LogP) is 6.68. The minimum absolute atomic E-state index is 0.108. The van der Waals surface area contributed by atoms with Gasteiger partial charge in [-0.25, -0.2) is 17.2 Å². The Morgan fingerprint density at radius 3 is 2.47 bits per heavy atom. The smallest absolute Gasteiger partial charge is 0.270 e. The fourth-order valence-electron chi connectivity index (χ4n) is 4.32. The number of nitro benzene ring substituents is 1. The van der Waals surface area contributed by atoms with Crippen LogP contribution in [0.5, 0.6) is 5.75 Å². The first-order valence-electron chi connectivity index (χ1n) is 13.0. The second kappa shape index (κ2) is 13.6. The predicted molar refractivity (Wildman–Crippen MR) is 158 cm³/mol. The number of benzene rings is 4. The molecule has 0 saturated heterocycles. The molecule has 0 aliphatic rings. The Bertz CT molecular complexity index is 1740. The zero-order valence-corrected chi connectivity index (χ0v) is 24.3. The highest BCUT2D eigenvalue weighted by Gasteiger charge is 2.34. The van der Waals surface area contributed by atoms with Crippen LogP contribution in [0, 0.1) is 21.7 Å². The Morgan fingerprint density at radius 2 is 1.74 bits per heavy atom. The second-order valence-corrected chi connectivity index (χ2v) is 11.6. The van der Waals surface area contributed by atoms with Gasteiger partial charge in [0.15, 0.2) is 0 Å². The summed E-state index contributed by atoms with van der Waals surface area (Å²) in [5.41, 5.74) is -0.168. The van der Waals surface area contributed by atoms with E-state index < -0.39 is 44.2 Å². The lowest BCUT2D eigenvalue weighted by Crippen LogP contribution is -2.34. The van der Waals surface area contributed by atoms with Crippen LogP contribution in [-0.2, 0) is 10.0 Å². The fraction of sp³-hybridized carbons (Fsp3) is 0.167. The number of ether oxygens (including phenoxy) is 1. The average molecular weight is 630 g/mol. The molecule has 1 N–H and O–H groups in total. The van der Waals surface area contributed by atoms with Gasteiger partial charge in [-0.15, -0.1) is 0 Å². The van der Waals surface area contributed by atoms with Crippen LogP contribution in [0.3, 0.4) is 0 Å². The maximum Gasteiger partial charge on any atom is 0.270 e. The number of nitrogens with one attached hydrogen (secondary N) is 1. The molecule has 13 heteroatoms. The van der Waals surface area contributed by atoms with Crippen LogP contribution in [0.15, 0.2) is 95.9 Å². The number of sulfonamides is 1. The third kappa shape index (κ3) is 7.46. The summed E-state index contributed by atoms with van der Waals surface area (Å²) in [6, 6.07) is 18.7. The molecule has 224 valence electrons. The zero-order chi connectivity index (χ0) is 31.1. The first-order valence-corrected chi connectivity index (χ1v) is 14.8. The number of hydrogen-bond donors (Lipinski definition) is 1. The summed E-state index contributed by atoms with van der Waals surface area (Å²) in [7, 11) is -4.42. The van der Waals surface area contributed by atoms with Crippen LogP contribution < -0.4 is 14.4 Å². The van der Waals surface area contributed by atoms with Crippen LogP contribution in [-0.4, -0.2) is 32.4 Å². The molecule has 0 fully saturated rings. The molecule has 0 saturated carbocycles. The van der Waals surface area contributed by atoms with Crippen molar-refractivity contribution < 1.29 is 31.7 Å². The molecule has 4 rings (SSSR count). The Kier molecular flexibility index (Phi) is 9.94. The van der Waals surface area contributed by atoms with Gasteiger partial charge in [-0.3, -0.25) is 19.2 Å². The van der Waals surface area contributed by atoms with Gasteiger partial charge in [0.05, 0.1) is 28.2 Å². The Labute approximate surface area is 251 Å². The van der Waals surface area contributed by atoms with Crippen LogP contribution in [0.1, 0.15) is 35.3 Å². The van der Waals surface area contributed by atoms with Crippen LogP contribution >= 0.6 is 11.6 Å². The lowest BCUT2D eigenvalue weighted by Gasteiger charge is -2.32. The summed E-state index contributed by atoms with van der Waals surface area (Å²) in [6.45, 7) is 1.82. The third-order valence-electron chi connectivity index (χ3n) is 6.42. The van der Waals surface area contributed by atoms with Gasteiger partial charge in [0.2, 0.25) is 0 Å². The summed E-state index contributed by atoms with van der Waals surface area (Å²) < 4.78 is 63.7. The van der Waals surface area contributed by atoms with Crippen molar-refractivity contribution >= 4 is 38.9 Å². The average Bonchev–Trinajstić information content (AvgIpc) is 2.99. The van der Waals surface area contributed by atoms with Crippen molar-refractivity contribution in [2.24, 2.45) is 0 Å². The maximum absolute atomic E-state index is 15.1. The minimum Gasteiger partial charge on any atom is -0.493 e. The molecule has 0 aromatic heterocycles. The summed E-state index contributed by atoms with van der Waals surface area (Å²) in [5.74, 6) is -1.95. The number of carbonyl (C=O) groups is 1. The van der Waals surface area contributed by atoms with Gasteiger partial charge in [-0.2, -0.15) is 0 Å². The third-order valence-corrected chi connectivity index (χ3v) is 8.57. The Balaban J connectivity index is 1.53. The summed E-state index contributed by atoms with van der Waals surface area (Å²) in [6.07, 6.45) is 0.342. The molecular weight excluding hydrogens is 604 g/mol. The van der Waals surface area contributed by atoms with Gasteiger partial charge in [0.1, 0.15) is 17.4 Å². The molecule has 0 heterocycles. The highest BCUT2D eigenvalue weighted by Crippen LogP contribution is 2.38. The van der Waals surface area contributed by atoms with Crippen molar-refractivity contribution in [3.63, 3.8) is 0 Å². The molecule has 1 unspecified atom stereocenters. The number of anilines is 1. The second-order valence-electron chi connectivity index (χ2n) is 9.33. The van der Waals surface area contributed by atoms with Crippen molar-refractivity contribution in [2.75, 3.05) is 17.5 Å². The molecular formula is C30H26ClF2N3O6S. The van der Waals surface area contributed by atoms with E-state index in [0.29, 0.717) is 22.8 Å². The van der Waals surface area contributed by atoms with Gasteiger partial charge in [0, 0.05) is 40.9 Å². The normalized spacial score (nSPS) is 11.9. The molecule has 0 aliphatic carbocycles. The van der Waals surface area contributed by atoms with E-state index in [4.69, 9.17) is 16.3 Å². The van der Waals surface area contributed by atoms with Gasteiger partial charge in [-0.1, -0.05) is 35.9 Å². The number of halogens is 3. The lowest BCUT2D eigenvalue weighted by molar-refractivity contribution is -0.384. The van der Waals surface area contributed by atoms with Crippen LogP contribution in [0.2, 0.25) is 5.02 Å². The fourth-order valence-corrected chi connectivity index (χ4v) is 6.09. The van der Waals surface area contributed by atoms with E-state index in [1.807, 2.05) is 0 Å². The molecule has 0 spiro atoms. The molecule has 43 heavy (non-hydrogen) atoms. The highest BCUT2D eigenvalue weighted by atomic mass is 35.5. The lowest BCUT2D eigenvalue weighted by atomic mass is 10.1. The SMILES string of the molecule is CC(c1ccccc1OCCCNC(=O)c1cccc([N+](=O)[O-])c1)N(c1cc(F)ccc1F)S(=O)(=O)c1ccc(Cl)cc1. The zero-order valence-electron chi connectivity index (χ0n) is 22.7. The summed E-state index contributed by atoms with van der Waals surface area (Å²) >= 11 is 5.94. The van der Waals surface area contributed by atoms with E-state index >= 15 is 4.39 Å². The van der Waals surface area contributed by atoms with Crippen molar-refractivity contribution in [1.29, 1.82) is 0 Å². The van der Waals surface area contributed by atoms with Gasteiger partial charge in [0.25, 0.3) is 21.6 Å². The minimum atomic E-state index is -4.42. The van der Waals surface area contributed by atoms with Crippen molar-refractivity contribution in [3.8, 4) is 5.75 Å². The largest absolute Gasteiger partial charge is 0.493 e. The van der Waals surface area contributed by atoms with E-state index in [2.05, 4.69) is 5.32 Å². The van der Waals surface area contributed by atoms with Gasteiger partial charge < -0.3 is 10.1 Å². The van der Waals surface area contributed by atoms with Gasteiger partial charge in [-0.05, 0) is 61.9 Å². The summed E-state index contributed by atoms with van der Waals surface area (Å²) in [4.78, 5) is 22.6. The quantitative estimate of drug-likeness (QED) is 0.106. The van der Waals surface area contributed by atoms with Crippen LogP contribution in [0.25, 0.3) is 0 Å². The monoisotopic (exact) mass is 629 g/mol. The maximum atomic E-state index is 15.1. The van der Waals surface area contributed by atoms with E-state index in [-0.39, 0.29) is 29.3 Å². The number of nitro groups is 1. The molecule has 4 aromatic carbocycles. The number of non-ortho nitro benzene ring substituents is 1. The van der Waals surface area contributed by atoms with Crippen molar-refractivity contribution in [2.45, 2.75) is 24.3 Å². The molecule has 9 nitrogen and oxygen atoms in total. The molecule has 0 aliphatic heterocycles. The number of carbonyl (C=O) groups excluding carboxylic acids is 1. The Hall–Kier alpha value is -4.55. The van der Waals surface area contributed by atoms with E-state index in [1.54, 1.807) is 24.3 Å². The molecule has 4 aromatic rings. The van der Waals surface area contributed by atoms with E-state index in [1.165, 1.54) is 55.5 Å². The van der Waals surface area contributed by atoms with Crippen molar-refractivity contribution in [1.82, 2.24) is 5.32 Å². The molecule has 1 amide bonds. The molecule has 0 bridgehead atoms. The van der Waals surface area contributed by atoms with Gasteiger partial charge >= 0.3 is 0 Å². The molecule has 1 atom stereocenters. The Morgan fingerprint density at radius 1 is 1.02 bits per heavy atom. The number of rotatable bonds is 12. The van der Waals surface area contributed by atoms with Crippen LogP contribution in [0.4, 0.5) is 20.2 Å². The first-order chi connectivity index (χ1) is 20.5. The molecule has 0 radical (unpaired) electrons. The number of amides is 1. The standard InChI is InChI=1S/C30H26ClF2N3O6S/c1-20(35(28-19-23(32)12-15-27(28)33)43(40,41)25-13-10-22(31)11-14-25)26-8-2-3-9-29(26)42-17-5-16-34-30(37)21-6-4-7-24(18-21)36(38)39/h2-4,6-15,18-20H,5,16-17H2,1H3,(H,34,37).